The SMILES string of the molecule is O=C(c1ccc(OC(c2ccc(Cl)cc2)c2ccc(Cl)cc2Cl)nn1)N1CCCC(O)C1. The van der Waals surface area contributed by atoms with E-state index in [1.54, 1.807) is 47.4 Å². The summed E-state index contributed by atoms with van der Waals surface area (Å²) in [7, 11) is 0. The third-order valence-electron chi connectivity index (χ3n) is 5.20. The Labute approximate surface area is 200 Å². The van der Waals surface area contributed by atoms with Crippen molar-refractivity contribution in [2.24, 2.45) is 0 Å². The van der Waals surface area contributed by atoms with Crippen molar-refractivity contribution in [3.8, 4) is 5.88 Å². The largest absolute Gasteiger partial charge is 0.463 e. The third kappa shape index (κ3) is 5.33. The van der Waals surface area contributed by atoms with E-state index >= 15 is 0 Å². The van der Waals surface area contributed by atoms with Crippen molar-refractivity contribution in [2.45, 2.75) is 25.0 Å². The Kier molecular flexibility index (Phi) is 7.16. The number of halogens is 3. The first-order valence-corrected chi connectivity index (χ1v) is 11.2. The fourth-order valence-electron chi connectivity index (χ4n) is 3.58. The number of likely N-dealkylation sites (tertiary alicyclic amines) is 1. The number of aromatic nitrogens is 2. The van der Waals surface area contributed by atoms with E-state index in [1.807, 2.05) is 12.1 Å². The molecule has 1 aromatic heterocycles. The van der Waals surface area contributed by atoms with Crippen molar-refractivity contribution in [3.05, 3.63) is 86.5 Å². The molecule has 1 saturated heterocycles. The standard InChI is InChI=1S/C23H20Cl3N3O3/c24-15-5-3-14(4-6-15)22(18-8-7-16(25)12-19(18)26)32-21-10-9-20(27-28-21)23(31)29-11-1-2-17(30)13-29/h3-10,12,17,22,30H,1-2,11,13H2. The second kappa shape index (κ2) is 10.0. The summed E-state index contributed by atoms with van der Waals surface area (Å²) < 4.78 is 6.14. The van der Waals surface area contributed by atoms with Crippen LogP contribution < -0.4 is 4.74 Å². The Morgan fingerprint density at radius 3 is 2.44 bits per heavy atom. The monoisotopic (exact) mass is 491 g/mol. The zero-order valence-electron chi connectivity index (χ0n) is 16.9. The number of ether oxygens (including phenoxy) is 1. The van der Waals surface area contributed by atoms with Crippen LogP contribution in [0.3, 0.4) is 0 Å². The van der Waals surface area contributed by atoms with Gasteiger partial charge in [0.25, 0.3) is 5.91 Å². The number of piperidine rings is 1. The highest BCUT2D eigenvalue weighted by atomic mass is 35.5. The fourth-order valence-corrected chi connectivity index (χ4v) is 4.22. The summed E-state index contributed by atoms with van der Waals surface area (Å²) in [4.78, 5) is 14.2. The first kappa shape index (κ1) is 22.8. The lowest BCUT2D eigenvalue weighted by Gasteiger charge is -2.29. The van der Waals surface area contributed by atoms with Gasteiger partial charge in [0.05, 0.1) is 6.10 Å². The van der Waals surface area contributed by atoms with Crippen molar-refractivity contribution < 1.29 is 14.6 Å². The van der Waals surface area contributed by atoms with Crippen LogP contribution in [0.2, 0.25) is 15.1 Å². The topological polar surface area (TPSA) is 75.5 Å². The summed E-state index contributed by atoms with van der Waals surface area (Å²) in [6, 6.07) is 15.5. The number of nitrogens with zero attached hydrogens (tertiary/aromatic N) is 3. The summed E-state index contributed by atoms with van der Waals surface area (Å²) >= 11 is 18.5. The Balaban J connectivity index is 1.58. The molecule has 0 spiro atoms. The van der Waals surface area contributed by atoms with E-state index in [-0.39, 0.29) is 17.5 Å². The van der Waals surface area contributed by atoms with Gasteiger partial charge in [0.1, 0.15) is 0 Å². The maximum absolute atomic E-state index is 12.7. The van der Waals surface area contributed by atoms with E-state index in [1.165, 1.54) is 0 Å². The Hall–Kier alpha value is -2.38. The van der Waals surface area contributed by atoms with Crippen LogP contribution in [0, 0.1) is 0 Å². The first-order chi connectivity index (χ1) is 15.4. The van der Waals surface area contributed by atoms with Crippen LogP contribution in [0.15, 0.2) is 54.6 Å². The van der Waals surface area contributed by atoms with E-state index in [9.17, 15) is 9.90 Å². The van der Waals surface area contributed by atoms with Gasteiger partial charge in [-0.15, -0.1) is 10.2 Å². The second-order valence-electron chi connectivity index (χ2n) is 7.52. The summed E-state index contributed by atoms with van der Waals surface area (Å²) in [5.41, 5.74) is 1.70. The zero-order valence-corrected chi connectivity index (χ0v) is 19.2. The predicted molar refractivity (Wildman–Crippen MR) is 124 cm³/mol. The van der Waals surface area contributed by atoms with Gasteiger partial charge in [-0.3, -0.25) is 4.79 Å². The van der Waals surface area contributed by atoms with Crippen LogP contribution in [0.4, 0.5) is 0 Å². The van der Waals surface area contributed by atoms with Gasteiger partial charge in [-0.25, -0.2) is 0 Å². The molecule has 4 rings (SSSR count). The summed E-state index contributed by atoms with van der Waals surface area (Å²) in [6.07, 6.45) is 0.353. The highest BCUT2D eigenvalue weighted by Gasteiger charge is 2.25. The molecule has 2 aromatic carbocycles. The number of carbonyl (C=O) groups excluding carboxylic acids is 1. The molecule has 9 heteroatoms. The average molecular weight is 493 g/mol. The Morgan fingerprint density at radius 1 is 1.03 bits per heavy atom. The Morgan fingerprint density at radius 2 is 1.78 bits per heavy atom. The molecule has 0 aliphatic carbocycles. The number of carbonyl (C=O) groups is 1. The number of benzene rings is 2. The van der Waals surface area contributed by atoms with E-state index in [4.69, 9.17) is 39.5 Å². The van der Waals surface area contributed by atoms with Crippen molar-refractivity contribution in [2.75, 3.05) is 13.1 Å². The average Bonchev–Trinajstić information content (AvgIpc) is 2.78. The van der Waals surface area contributed by atoms with Crippen LogP contribution >= 0.6 is 34.8 Å². The van der Waals surface area contributed by atoms with Gasteiger partial charge < -0.3 is 14.7 Å². The normalized spacial score (nSPS) is 17.1. The molecule has 3 aromatic rings. The van der Waals surface area contributed by atoms with Gasteiger partial charge in [0.2, 0.25) is 5.88 Å². The molecule has 2 unspecified atom stereocenters. The lowest BCUT2D eigenvalue weighted by molar-refractivity contribution is 0.0467. The van der Waals surface area contributed by atoms with E-state index in [0.29, 0.717) is 40.1 Å². The molecule has 1 aliphatic rings. The zero-order chi connectivity index (χ0) is 22.7. The van der Waals surface area contributed by atoms with Gasteiger partial charge in [0, 0.05) is 39.8 Å². The summed E-state index contributed by atoms with van der Waals surface area (Å²) in [6.45, 7) is 0.885. The van der Waals surface area contributed by atoms with Crippen LogP contribution in [0.5, 0.6) is 5.88 Å². The number of rotatable bonds is 5. The quantitative estimate of drug-likeness (QED) is 0.530. The number of aliphatic hydroxyl groups excluding tert-OH is 1. The number of hydrogen-bond donors (Lipinski definition) is 1. The Bertz CT molecular complexity index is 1090. The molecule has 0 saturated carbocycles. The van der Waals surface area contributed by atoms with Crippen LogP contribution in [-0.2, 0) is 0 Å². The second-order valence-corrected chi connectivity index (χ2v) is 8.80. The lowest BCUT2D eigenvalue weighted by Crippen LogP contribution is -2.42. The maximum Gasteiger partial charge on any atom is 0.274 e. The van der Waals surface area contributed by atoms with Crippen molar-refractivity contribution >= 4 is 40.7 Å². The summed E-state index contributed by atoms with van der Waals surface area (Å²) in [5.74, 6) is -0.0380. The first-order valence-electron chi connectivity index (χ1n) is 10.1. The molecule has 0 radical (unpaired) electrons. The van der Waals surface area contributed by atoms with Crippen molar-refractivity contribution in [1.82, 2.24) is 15.1 Å². The van der Waals surface area contributed by atoms with Gasteiger partial charge in [0.15, 0.2) is 11.8 Å². The number of amides is 1. The van der Waals surface area contributed by atoms with E-state index < -0.39 is 12.2 Å². The van der Waals surface area contributed by atoms with Gasteiger partial charge in [-0.2, -0.15) is 0 Å². The van der Waals surface area contributed by atoms with Gasteiger partial charge in [-0.1, -0.05) is 53.0 Å². The molecule has 1 N–H and O–H groups in total. The smallest absolute Gasteiger partial charge is 0.274 e. The van der Waals surface area contributed by atoms with E-state index in [0.717, 1.165) is 12.0 Å². The highest BCUT2D eigenvalue weighted by molar-refractivity contribution is 6.35. The molecule has 1 aliphatic heterocycles. The number of aliphatic hydroxyl groups is 1. The number of hydrogen-bond acceptors (Lipinski definition) is 5. The minimum atomic E-state index is -0.592. The van der Waals surface area contributed by atoms with E-state index in [2.05, 4.69) is 10.2 Å². The number of β-amino-alcohol motifs (C(OH)–C–C–N with tert-alkyl or cyclic N) is 1. The third-order valence-corrected chi connectivity index (χ3v) is 6.01. The maximum atomic E-state index is 12.7. The van der Waals surface area contributed by atoms with Gasteiger partial charge in [-0.05, 0) is 48.7 Å². The molecule has 2 atom stereocenters. The molecule has 32 heavy (non-hydrogen) atoms. The molecule has 166 valence electrons. The minimum absolute atomic E-state index is 0.194. The predicted octanol–water partition coefficient (Wildman–Crippen LogP) is 5.20. The van der Waals surface area contributed by atoms with Crippen molar-refractivity contribution in [3.63, 3.8) is 0 Å². The molecule has 1 amide bonds. The van der Waals surface area contributed by atoms with Crippen LogP contribution in [0.25, 0.3) is 0 Å². The molecular formula is C23H20Cl3N3O3. The highest BCUT2D eigenvalue weighted by Crippen LogP contribution is 2.34. The minimum Gasteiger partial charge on any atom is -0.463 e. The lowest BCUT2D eigenvalue weighted by atomic mass is 10.0. The van der Waals surface area contributed by atoms with Crippen LogP contribution in [0.1, 0.15) is 40.6 Å². The summed E-state index contributed by atoms with van der Waals surface area (Å²) in [5, 5.41) is 19.5. The molecule has 1 fully saturated rings. The molecule has 6 nitrogen and oxygen atoms in total. The molecule has 0 bridgehead atoms. The molecular weight excluding hydrogens is 473 g/mol. The van der Waals surface area contributed by atoms with Crippen LogP contribution in [-0.4, -0.2) is 45.3 Å². The van der Waals surface area contributed by atoms with Crippen molar-refractivity contribution in [1.29, 1.82) is 0 Å². The van der Waals surface area contributed by atoms with Gasteiger partial charge >= 0.3 is 0 Å². The fraction of sp³-hybridized carbons (Fsp3) is 0.261. The molecule has 2 heterocycles.